The number of primary sulfonamides is 1. The first-order valence-corrected chi connectivity index (χ1v) is 10.7. The molecule has 8 nitrogen and oxygen atoms in total. The van der Waals surface area contributed by atoms with Gasteiger partial charge in [0.2, 0.25) is 10.0 Å². The number of piperazine rings is 1. The molecule has 0 aromatic heterocycles. The fourth-order valence-electron chi connectivity index (χ4n) is 3.56. The van der Waals surface area contributed by atoms with E-state index in [4.69, 9.17) is 5.14 Å². The lowest BCUT2D eigenvalue weighted by atomic mass is 10.1. The van der Waals surface area contributed by atoms with Gasteiger partial charge in [-0.25, -0.2) is 13.6 Å². The molecular weight excluding hydrogens is 380 g/mol. The highest BCUT2D eigenvalue weighted by Gasteiger charge is 2.28. The van der Waals surface area contributed by atoms with E-state index in [0.29, 0.717) is 18.8 Å². The van der Waals surface area contributed by atoms with Crippen LogP contribution in [0.5, 0.6) is 0 Å². The Labute approximate surface area is 164 Å². The van der Waals surface area contributed by atoms with Crippen LogP contribution in [0, 0.1) is 10.1 Å². The van der Waals surface area contributed by atoms with Gasteiger partial charge in [0.25, 0.3) is 5.69 Å². The lowest BCUT2D eigenvalue weighted by molar-refractivity contribution is -0.385. The van der Waals surface area contributed by atoms with Gasteiger partial charge in [-0.15, -0.1) is 0 Å². The Hall–Kier alpha value is -2.49. The summed E-state index contributed by atoms with van der Waals surface area (Å²) in [6, 6.07) is 14.3. The molecule has 2 aromatic carbocycles. The fourth-order valence-corrected chi connectivity index (χ4v) is 4.13. The number of hydrogen-bond donors (Lipinski definition) is 1. The lowest BCUT2D eigenvalue weighted by Gasteiger charge is -2.42. The highest BCUT2D eigenvalue weighted by molar-refractivity contribution is 7.89. The molecule has 3 rings (SSSR count). The van der Waals surface area contributed by atoms with Gasteiger partial charge in [-0.05, 0) is 18.1 Å². The summed E-state index contributed by atoms with van der Waals surface area (Å²) in [6.07, 6.45) is 0.917. The molecule has 1 fully saturated rings. The van der Waals surface area contributed by atoms with E-state index in [1.807, 2.05) is 23.1 Å². The normalized spacial score (nSPS) is 18.2. The van der Waals surface area contributed by atoms with E-state index in [0.717, 1.165) is 25.6 Å². The van der Waals surface area contributed by atoms with Crippen molar-refractivity contribution in [2.24, 2.45) is 5.14 Å². The van der Waals surface area contributed by atoms with Crippen LogP contribution in [0.1, 0.15) is 18.9 Å². The predicted octanol–water partition coefficient (Wildman–Crippen LogP) is 2.34. The maximum atomic E-state index is 11.7. The van der Waals surface area contributed by atoms with Crippen molar-refractivity contribution < 1.29 is 13.3 Å². The van der Waals surface area contributed by atoms with Crippen molar-refractivity contribution in [1.82, 2.24) is 4.90 Å². The molecule has 0 spiro atoms. The third-order valence-electron chi connectivity index (χ3n) is 5.08. The van der Waals surface area contributed by atoms with Crippen LogP contribution in [0.15, 0.2) is 53.4 Å². The van der Waals surface area contributed by atoms with Crippen LogP contribution in [0.25, 0.3) is 0 Å². The zero-order valence-corrected chi connectivity index (χ0v) is 16.5. The third-order valence-corrected chi connectivity index (χ3v) is 5.98. The molecule has 1 unspecified atom stereocenters. The van der Waals surface area contributed by atoms with Crippen LogP contribution in [-0.4, -0.2) is 43.9 Å². The Kier molecular flexibility index (Phi) is 5.97. The van der Waals surface area contributed by atoms with Crippen molar-refractivity contribution in [1.29, 1.82) is 0 Å². The molecule has 1 heterocycles. The second kappa shape index (κ2) is 8.26. The Balaban J connectivity index is 1.84. The fraction of sp³-hybridized carbons (Fsp3) is 0.368. The van der Waals surface area contributed by atoms with Crippen LogP contribution >= 0.6 is 0 Å². The molecule has 0 amide bonds. The van der Waals surface area contributed by atoms with E-state index in [9.17, 15) is 18.5 Å². The number of nitro groups is 1. The van der Waals surface area contributed by atoms with E-state index < -0.39 is 14.9 Å². The molecule has 1 aliphatic rings. The maximum absolute atomic E-state index is 11.7. The van der Waals surface area contributed by atoms with Gasteiger partial charge >= 0.3 is 0 Å². The van der Waals surface area contributed by atoms with E-state index in [-0.39, 0.29) is 16.6 Å². The Bertz CT molecular complexity index is 950. The monoisotopic (exact) mass is 404 g/mol. The number of non-ortho nitro benzene ring substituents is 1. The van der Waals surface area contributed by atoms with Crippen molar-refractivity contribution >= 4 is 21.4 Å². The second-order valence-electron chi connectivity index (χ2n) is 6.95. The molecule has 0 aliphatic carbocycles. The SMILES string of the molecule is CCC1CN(c2cc([N+](=O)[O-])cc(S(N)(=O)=O)c2)CCN1Cc1ccccc1. The Morgan fingerprint density at radius 2 is 1.89 bits per heavy atom. The van der Waals surface area contributed by atoms with Gasteiger partial charge in [-0.3, -0.25) is 15.0 Å². The van der Waals surface area contributed by atoms with Gasteiger partial charge in [0, 0.05) is 50.0 Å². The molecular formula is C19H24N4O4S. The summed E-state index contributed by atoms with van der Waals surface area (Å²) < 4.78 is 23.5. The summed E-state index contributed by atoms with van der Waals surface area (Å²) in [5.74, 6) is 0. The average molecular weight is 404 g/mol. The van der Waals surface area contributed by atoms with Crippen LogP contribution in [0.3, 0.4) is 0 Å². The number of rotatable bonds is 6. The minimum absolute atomic E-state index is 0.239. The van der Waals surface area contributed by atoms with Crippen molar-refractivity contribution in [3.63, 3.8) is 0 Å². The second-order valence-corrected chi connectivity index (χ2v) is 8.51. The average Bonchev–Trinajstić information content (AvgIpc) is 2.68. The van der Waals surface area contributed by atoms with Crippen LogP contribution in [0.4, 0.5) is 11.4 Å². The number of nitrogens with two attached hydrogens (primary N) is 1. The van der Waals surface area contributed by atoms with Gasteiger partial charge in [-0.1, -0.05) is 37.3 Å². The van der Waals surface area contributed by atoms with Crippen molar-refractivity contribution in [2.75, 3.05) is 24.5 Å². The zero-order chi connectivity index (χ0) is 20.3. The maximum Gasteiger partial charge on any atom is 0.272 e. The van der Waals surface area contributed by atoms with Gasteiger partial charge in [-0.2, -0.15) is 0 Å². The van der Waals surface area contributed by atoms with E-state index in [1.165, 1.54) is 17.7 Å². The first-order chi connectivity index (χ1) is 13.3. The molecule has 150 valence electrons. The summed E-state index contributed by atoms with van der Waals surface area (Å²) >= 11 is 0. The molecule has 2 aromatic rings. The molecule has 1 atom stereocenters. The molecule has 0 radical (unpaired) electrons. The third kappa shape index (κ3) is 4.67. The molecule has 9 heteroatoms. The van der Waals surface area contributed by atoms with Crippen LogP contribution in [-0.2, 0) is 16.6 Å². The summed E-state index contributed by atoms with van der Waals surface area (Å²) in [6.45, 7) is 5.03. The standard InChI is InChI=1S/C19H24N4O4S/c1-2-16-14-22(9-8-21(16)13-15-6-4-3-5-7-15)17-10-18(23(24)25)12-19(11-17)28(20,26)27/h3-7,10-12,16H,2,8-9,13-14H2,1H3,(H2,20,26,27). The summed E-state index contributed by atoms with van der Waals surface area (Å²) in [5.41, 5.74) is 1.47. The van der Waals surface area contributed by atoms with Crippen molar-refractivity contribution in [3.05, 3.63) is 64.2 Å². The number of benzene rings is 2. The van der Waals surface area contributed by atoms with Gasteiger partial charge < -0.3 is 4.90 Å². The molecule has 2 N–H and O–H groups in total. The minimum atomic E-state index is -4.03. The smallest absolute Gasteiger partial charge is 0.272 e. The molecule has 28 heavy (non-hydrogen) atoms. The number of hydrogen-bond acceptors (Lipinski definition) is 6. The predicted molar refractivity (Wildman–Crippen MR) is 108 cm³/mol. The topological polar surface area (TPSA) is 110 Å². The Morgan fingerprint density at radius 1 is 1.18 bits per heavy atom. The number of anilines is 1. The highest BCUT2D eigenvalue weighted by Crippen LogP contribution is 2.28. The molecule has 1 aliphatic heterocycles. The zero-order valence-electron chi connectivity index (χ0n) is 15.7. The van der Waals surface area contributed by atoms with Gasteiger partial charge in [0.1, 0.15) is 0 Å². The molecule has 0 bridgehead atoms. The number of sulfonamides is 1. The van der Waals surface area contributed by atoms with Crippen molar-refractivity contribution in [2.45, 2.75) is 30.8 Å². The summed E-state index contributed by atoms with van der Waals surface area (Å²) in [5, 5.41) is 16.4. The Morgan fingerprint density at radius 3 is 2.50 bits per heavy atom. The van der Waals surface area contributed by atoms with E-state index in [1.54, 1.807) is 0 Å². The largest absolute Gasteiger partial charge is 0.368 e. The van der Waals surface area contributed by atoms with Crippen LogP contribution in [0.2, 0.25) is 0 Å². The van der Waals surface area contributed by atoms with E-state index in [2.05, 4.69) is 24.0 Å². The number of nitro benzene ring substituents is 1. The van der Waals surface area contributed by atoms with Crippen molar-refractivity contribution in [3.8, 4) is 0 Å². The van der Waals surface area contributed by atoms with Gasteiger partial charge in [0.05, 0.1) is 9.82 Å². The van der Waals surface area contributed by atoms with E-state index >= 15 is 0 Å². The van der Waals surface area contributed by atoms with Crippen LogP contribution < -0.4 is 10.0 Å². The minimum Gasteiger partial charge on any atom is -0.368 e. The first-order valence-electron chi connectivity index (χ1n) is 9.13. The van der Waals surface area contributed by atoms with Gasteiger partial charge in [0.15, 0.2) is 0 Å². The summed E-state index contributed by atoms with van der Waals surface area (Å²) in [4.78, 5) is 14.8. The molecule has 1 saturated heterocycles. The first kappa shape index (κ1) is 20.2. The molecule has 0 saturated carbocycles. The quantitative estimate of drug-likeness (QED) is 0.584. The lowest BCUT2D eigenvalue weighted by Crippen LogP contribution is -2.52. The number of nitrogens with zero attached hydrogens (tertiary/aromatic N) is 3. The highest BCUT2D eigenvalue weighted by atomic mass is 32.2. The summed E-state index contributed by atoms with van der Waals surface area (Å²) in [7, 11) is -4.03.